The summed E-state index contributed by atoms with van der Waals surface area (Å²) in [5.41, 5.74) is 1.19. The van der Waals surface area contributed by atoms with Gasteiger partial charge in [-0.25, -0.2) is 13.2 Å². The highest BCUT2D eigenvalue weighted by Crippen LogP contribution is 2.25. The Balaban J connectivity index is 2.24. The van der Waals surface area contributed by atoms with Crippen LogP contribution < -0.4 is 9.62 Å². The number of amides is 1. The number of halogens is 1. The first-order valence-electron chi connectivity index (χ1n) is 7.36. The van der Waals surface area contributed by atoms with E-state index in [4.69, 9.17) is 11.6 Å². The molecule has 2 aromatic carbocycles. The number of rotatable bonds is 5. The predicted octanol–water partition coefficient (Wildman–Crippen LogP) is 2.77. The van der Waals surface area contributed by atoms with Gasteiger partial charge in [-0.1, -0.05) is 17.7 Å². The number of carbonyl (C=O) groups is 2. The van der Waals surface area contributed by atoms with Crippen LogP contribution in [0.1, 0.15) is 20.7 Å². The molecule has 1 amide bonds. The number of hydrogen-bond donors (Lipinski definition) is 1. The number of hydrogen-bond acceptors (Lipinski definition) is 5. The molecule has 0 bridgehead atoms. The van der Waals surface area contributed by atoms with Crippen LogP contribution >= 0.6 is 11.6 Å². The third kappa shape index (κ3) is 4.53. The summed E-state index contributed by atoms with van der Waals surface area (Å²) in [5, 5.41) is 2.73. The molecule has 0 aromatic heterocycles. The topological polar surface area (TPSA) is 92.8 Å². The van der Waals surface area contributed by atoms with Gasteiger partial charge in [-0.2, -0.15) is 0 Å². The van der Waals surface area contributed by atoms with Gasteiger partial charge >= 0.3 is 5.97 Å². The molecule has 0 radical (unpaired) electrons. The van der Waals surface area contributed by atoms with Crippen LogP contribution in [0.25, 0.3) is 0 Å². The fourth-order valence-electron chi connectivity index (χ4n) is 2.12. The maximum atomic E-state index is 12.4. The van der Waals surface area contributed by atoms with E-state index in [1.54, 1.807) is 18.2 Å². The average molecular weight is 397 g/mol. The Labute approximate surface area is 156 Å². The third-order valence-corrected chi connectivity index (χ3v) is 5.12. The minimum Gasteiger partial charge on any atom is -0.465 e. The number of esters is 1. The van der Waals surface area contributed by atoms with Crippen molar-refractivity contribution in [1.82, 2.24) is 0 Å². The minimum absolute atomic E-state index is 0.0969. The van der Waals surface area contributed by atoms with Crippen molar-refractivity contribution in [3.05, 3.63) is 58.6 Å². The van der Waals surface area contributed by atoms with Crippen LogP contribution in [-0.2, 0) is 14.8 Å². The molecule has 0 fully saturated rings. The van der Waals surface area contributed by atoms with Gasteiger partial charge in [-0.3, -0.25) is 9.10 Å². The first-order valence-corrected chi connectivity index (χ1v) is 9.59. The zero-order valence-corrected chi connectivity index (χ0v) is 15.9. The lowest BCUT2D eigenvalue weighted by Gasteiger charge is -2.17. The summed E-state index contributed by atoms with van der Waals surface area (Å²) in [6.07, 6.45) is 1.07. The zero-order valence-electron chi connectivity index (χ0n) is 14.3. The molecule has 0 atom stereocenters. The summed E-state index contributed by atoms with van der Waals surface area (Å²) in [5.74, 6) is -1.02. The van der Waals surface area contributed by atoms with Crippen LogP contribution in [0.15, 0.2) is 42.5 Å². The molecule has 0 aliphatic rings. The number of anilines is 2. The molecule has 0 heterocycles. The van der Waals surface area contributed by atoms with Crippen LogP contribution in [0, 0.1) is 0 Å². The molecule has 138 valence electrons. The van der Waals surface area contributed by atoms with Crippen molar-refractivity contribution in [2.75, 3.05) is 30.0 Å². The van der Waals surface area contributed by atoms with E-state index in [0.29, 0.717) is 16.9 Å². The summed E-state index contributed by atoms with van der Waals surface area (Å²) in [6, 6.07) is 10.6. The summed E-state index contributed by atoms with van der Waals surface area (Å²) < 4.78 is 28.9. The highest BCUT2D eigenvalue weighted by atomic mass is 35.5. The standard InChI is InChI=1S/C17H17ClN2O5S/c1-20(26(3,23)24)13-7-8-14(15(18)10-13)16(21)19-12-6-4-5-11(9-12)17(22)25-2/h4-10H,1-3H3,(H,19,21). The lowest BCUT2D eigenvalue weighted by Crippen LogP contribution is -2.25. The van der Waals surface area contributed by atoms with Crippen molar-refractivity contribution in [2.24, 2.45) is 0 Å². The highest BCUT2D eigenvalue weighted by Gasteiger charge is 2.17. The maximum Gasteiger partial charge on any atom is 0.337 e. The second-order valence-corrected chi connectivity index (χ2v) is 7.84. The van der Waals surface area contributed by atoms with E-state index < -0.39 is 21.9 Å². The third-order valence-electron chi connectivity index (χ3n) is 3.60. The number of carbonyl (C=O) groups excluding carboxylic acids is 2. The molecule has 0 unspecified atom stereocenters. The Morgan fingerprint density at radius 3 is 2.42 bits per heavy atom. The van der Waals surface area contributed by atoms with Gasteiger partial charge in [0.05, 0.1) is 35.2 Å². The molecule has 26 heavy (non-hydrogen) atoms. The SMILES string of the molecule is COC(=O)c1cccc(NC(=O)c2ccc(N(C)S(C)(=O)=O)cc2Cl)c1. The van der Waals surface area contributed by atoms with E-state index in [-0.39, 0.29) is 10.6 Å². The van der Waals surface area contributed by atoms with E-state index in [0.717, 1.165) is 10.6 Å². The fraction of sp³-hybridized carbons (Fsp3) is 0.176. The number of ether oxygens (including phenoxy) is 1. The second-order valence-electron chi connectivity index (χ2n) is 5.42. The number of nitrogens with one attached hydrogen (secondary N) is 1. The van der Waals surface area contributed by atoms with Crippen LogP contribution in [0.5, 0.6) is 0 Å². The largest absolute Gasteiger partial charge is 0.465 e. The summed E-state index contributed by atoms with van der Waals surface area (Å²) in [6.45, 7) is 0. The van der Waals surface area contributed by atoms with E-state index in [2.05, 4.69) is 10.1 Å². The molecular formula is C17H17ClN2O5S. The molecule has 0 saturated carbocycles. The first kappa shape index (κ1) is 19.7. The molecule has 0 aliphatic heterocycles. The Kier molecular flexibility index (Phi) is 5.89. The van der Waals surface area contributed by atoms with Crippen LogP contribution in [-0.4, -0.2) is 40.7 Å². The Bertz CT molecular complexity index is 959. The molecule has 0 aliphatic carbocycles. The first-order chi connectivity index (χ1) is 12.1. The van der Waals surface area contributed by atoms with Crippen molar-refractivity contribution < 1.29 is 22.7 Å². The lowest BCUT2D eigenvalue weighted by molar-refractivity contribution is 0.0600. The van der Waals surface area contributed by atoms with E-state index in [1.165, 1.54) is 38.4 Å². The Morgan fingerprint density at radius 1 is 1.15 bits per heavy atom. The van der Waals surface area contributed by atoms with Gasteiger partial charge in [0.1, 0.15) is 0 Å². The smallest absolute Gasteiger partial charge is 0.337 e. The average Bonchev–Trinajstić information content (AvgIpc) is 2.59. The summed E-state index contributed by atoms with van der Waals surface area (Å²) >= 11 is 6.13. The van der Waals surface area contributed by atoms with Gasteiger partial charge in [0.15, 0.2) is 0 Å². The quantitative estimate of drug-likeness (QED) is 0.784. The molecule has 2 aromatic rings. The van der Waals surface area contributed by atoms with Gasteiger partial charge in [0, 0.05) is 12.7 Å². The Hall–Kier alpha value is -2.58. The number of methoxy groups -OCH3 is 1. The van der Waals surface area contributed by atoms with Crippen molar-refractivity contribution in [3.8, 4) is 0 Å². The maximum absolute atomic E-state index is 12.4. The van der Waals surface area contributed by atoms with E-state index in [9.17, 15) is 18.0 Å². The van der Waals surface area contributed by atoms with Crippen LogP contribution in [0.2, 0.25) is 5.02 Å². The van der Waals surface area contributed by atoms with Gasteiger partial charge < -0.3 is 10.1 Å². The summed E-state index contributed by atoms with van der Waals surface area (Å²) in [7, 11) is -0.785. The molecule has 7 nitrogen and oxygen atoms in total. The second kappa shape index (κ2) is 7.76. The van der Waals surface area contributed by atoms with Crippen molar-refractivity contribution in [2.45, 2.75) is 0 Å². The molecular weight excluding hydrogens is 380 g/mol. The normalized spacial score (nSPS) is 10.9. The molecule has 1 N–H and O–H groups in total. The fourth-order valence-corrected chi connectivity index (χ4v) is 2.87. The highest BCUT2D eigenvalue weighted by molar-refractivity contribution is 7.92. The van der Waals surface area contributed by atoms with Gasteiger partial charge in [-0.15, -0.1) is 0 Å². The monoisotopic (exact) mass is 396 g/mol. The number of nitrogens with zero attached hydrogens (tertiary/aromatic N) is 1. The van der Waals surface area contributed by atoms with Crippen LogP contribution in [0.3, 0.4) is 0 Å². The van der Waals surface area contributed by atoms with Gasteiger partial charge in [0.2, 0.25) is 10.0 Å². The van der Waals surface area contributed by atoms with Gasteiger partial charge in [0.25, 0.3) is 5.91 Å². The number of benzene rings is 2. The van der Waals surface area contributed by atoms with Crippen molar-refractivity contribution in [3.63, 3.8) is 0 Å². The van der Waals surface area contributed by atoms with Crippen molar-refractivity contribution >= 4 is 44.9 Å². The molecule has 9 heteroatoms. The molecule has 2 rings (SSSR count). The lowest BCUT2D eigenvalue weighted by atomic mass is 10.1. The summed E-state index contributed by atoms with van der Waals surface area (Å²) in [4.78, 5) is 24.0. The molecule has 0 spiro atoms. The zero-order chi connectivity index (χ0) is 19.5. The predicted molar refractivity (Wildman–Crippen MR) is 100 cm³/mol. The molecule has 0 saturated heterocycles. The minimum atomic E-state index is -3.44. The van der Waals surface area contributed by atoms with Crippen LogP contribution in [0.4, 0.5) is 11.4 Å². The number of sulfonamides is 1. The van der Waals surface area contributed by atoms with E-state index >= 15 is 0 Å². The Morgan fingerprint density at radius 2 is 1.85 bits per heavy atom. The van der Waals surface area contributed by atoms with E-state index in [1.807, 2.05) is 0 Å². The van der Waals surface area contributed by atoms with Crippen molar-refractivity contribution in [1.29, 1.82) is 0 Å². The van der Waals surface area contributed by atoms with Gasteiger partial charge in [-0.05, 0) is 36.4 Å².